The molecule has 1 aromatic carbocycles. The van der Waals surface area contributed by atoms with Crippen LogP contribution in [0.5, 0.6) is 0 Å². The number of hydrogen-bond donors (Lipinski definition) is 0. The third-order valence-electron chi connectivity index (χ3n) is 6.66. The molecular weight excluding hydrogens is 545 g/mol. The second kappa shape index (κ2) is 15.3. The monoisotopic (exact) mass is 584 g/mol. The van der Waals surface area contributed by atoms with Crippen LogP contribution in [0.3, 0.4) is 0 Å². The van der Waals surface area contributed by atoms with Gasteiger partial charge in [0.2, 0.25) is 0 Å². The van der Waals surface area contributed by atoms with Crippen molar-refractivity contribution in [3.05, 3.63) is 41.5 Å². The van der Waals surface area contributed by atoms with Gasteiger partial charge in [-0.05, 0) is 20.8 Å². The predicted octanol–water partition coefficient (Wildman–Crippen LogP) is 4.36. The van der Waals surface area contributed by atoms with Gasteiger partial charge >= 0.3 is 157 Å². The van der Waals surface area contributed by atoms with E-state index in [-0.39, 0.29) is 24.1 Å². The third kappa shape index (κ3) is 7.94. The average Bonchev–Trinajstić information content (AvgIpc) is 3.13. The van der Waals surface area contributed by atoms with Gasteiger partial charge in [-0.15, -0.1) is 0 Å². The van der Waals surface area contributed by atoms with E-state index in [1.165, 1.54) is 4.90 Å². The summed E-state index contributed by atoms with van der Waals surface area (Å²) in [6.45, 7) is 14.0. The van der Waals surface area contributed by atoms with Gasteiger partial charge in [0.15, 0.2) is 0 Å². The van der Waals surface area contributed by atoms with Crippen molar-refractivity contribution < 1.29 is 49.4 Å². The van der Waals surface area contributed by atoms with Gasteiger partial charge in [-0.3, -0.25) is 9.89 Å². The molecule has 0 bridgehead atoms. The molecule has 8 nitrogen and oxygen atoms in total. The molecule has 3 amide bonds. The Balaban J connectivity index is 0.00000235. The fourth-order valence-electron chi connectivity index (χ4n) is 4.42. The average molecular weight is 585 g/mol. The van der Waals surface area contributed by atoms with Crippen LogP contribution in [0.15, 0.2) is 40.9 Å². The Bertz CT molecular complexity index is 1040. The minimum absolute atomic E-state index is 0.0622. The molecule has 2 unspecified atom stereocenters. The van der Waals surface area contributed by atoms with E-state index in [1.54, 1.807) is 31.0 Å². The van der Waals surface area contributed by atoms with Crippen molar-refractivity contribution in [3.8, 4) is 2.59 Å². The summed E-state index contributed by atoms with van der Waals surface area (Å²) in [7, 11) is 0. The number of carbonyl (C=O) groups is 3. The Morgan fingerprint density at radius 1 is 1.22 bits per heavy atom. The van der Waals surface area contributed by atoms with Gasteiger partial charge < -0.3 is 4.74 Å². The van der Waals surface area contributed by atoms with Gasteiger partial charge in [-0.2, -0.15) is 0 Å². The first-order valence-electron chi connectivity index (χ1n) is 13.1. The molecule has 2 fully saturated rings. The van der Waals surface area contributed by atoms with Crippen molar-refractivity contribution >= 4 is 29.8 Å². The smallest absolute Gasteiger partial charge is 0.462 e. The first-order chi connectivity index (χ1) is 17.8. The first kappa shape index (κ1) is 31.1. The maximum absolute atomic E-state index is 13.2. The number of hydrogen-bond acceptors (Lipinski definition) is 6. The number of carbonyl (C=O) groups excluding carboxylic acids is 3. The molecule has 1 aromatic rings. The molecule has 0 N–H and O–H groups in total. The van der Waals surface area contributed by atoms with Crippen molar-refractivity contribution in [2.24, 2.45) is 10.9 Å². The minimum atomic E-state index is -0.470. The third-order valence-corrected chi connectivity index (χ3v) is 7.48. The quantitative estimate of drug-likeness (QED) is 0.196. The molecule has 2 saturated heterocycles. The van der Waals surface area contributed by atoms with Crippen molar-refractivity contribution in [1.82, 2.24) is 9.80 Å². The number of rotatable bonds is 8. The van der Waals surface area contributed by atoms with Crippen molar-refractivity contribution in [1.29, 1.82) is 0 Å². The maximum atomic E-state index is 13.2. The van der Waals surface area contributed by atoms with Crippen LogP contribution < -0.4 is 4.90 Å². The molecule has 9 heteroatoms. The Labute approximate surface area is 240 Å². The van der Waals surface area contributed by atoms with E-state index in [1.807, 2.05) is 52.0 Å². The number of ether oxygens (including phenoxy) is 1. The van der Waals surface area contributed by atoms with Gasteiger partial charge in [0.1, 0.15) is 0 Å². The van der Waals surface area contributed by atoms with Crippen LogP contribution >= 0.6 is 0 Å². The molecule has 198 valence electrons. The number of imide groups is 1. The molecule has 0 aliphatic carbocycles. The molecule has 0 saturated carbocycles. The Morgan fingerprint density at radius 2 is 1.84 bits per heavy atom. The van der Waals surface area contributed by atoms with Gasteiger partial charge in [0.05, 0.1) is 18.3 Å². The van der Waals surface area contributed by atoms with E-state index in [0.717, 1.165) is 61.7 Å². The topological polar surface area (TPSA) is 82.5 Å². The van der Waals surface area contributed by atoms with Gasteiger partial charge in [0.25, 0.3) is 0 Å². The summed E-state index contributed by atoms with van der Waals surface area (Å²) in [5, 5.41) is 0. The van der Waals surface area contributed by atoms with E-state index >= 15 is 0 Å². The predicted molar refractivity (Wildman–Crippen MR) is 142 cm³/mol. The van der Waals surface area contributed by atoms with Crippen molar-refractivity contribution in [2.45, 2.75) is 66.6 Å². The molecule has 2 aliphatic heterocycles. The zero-order valence-electron chi connectivity index (χ0n) is 22.9. The number of urea groups is 1. The van der Waals surface area contributed by atoms with E-state index in [4.69, 9.17) is 4.74 Å². The summed E-state index contributed by atoms with van der Waals surface area (Å²) in [6, 6.07) is 6.69. The summed E-state index contributed by atoms with van der Waals surface area (Å²) in [4.78, 5) is 47.8. The van der Waals surface area contributed by atoms with Crippen LogP contribution in [-0.2, 0) is 44.6 Å². The molecule has 0 spiro atoms. The molecule has 3 rings (SSSR count). The fourth-order valence-corrected chi connectivity index (χ4v) is 4.89. The zero-order valence-corrected chi connectivity index (χ0v) is 25.8. The molecule has 0 radical (unpaired) electrons. The molecular formula is C28H39N4O4Y. The standard InChI is InChI=1S/C26H33N4O4.C2H6.Y/c1-6-22(25(32)34-7-2)16-27-20(5)28-14-12-21(13-15-28)17-29-19(4)24(31)30(26(29)33)23-10-8-18(3)9-11-23;1-2;/h6,8-11,16,19-21H,7,12-15,17H2,1-2,4-5H3;1-2H3;/b22-6+,27-16-;;. The fraction of sp³-hybridized carbons (Fsp3) is 0.536. The normalized spacial score (nSPS) is 20.1. The second-order valence-corrected chi connectivity index (χ2v) is 9.54. The van der Waals surface area contributed by atoms with Crippen LogP contribution in [0.4, 0.5) is 10.5 Å². The number of allylic oxidation sites excluding steroid dienone is 1. The van der Waals surface area contributed by atoms with E-state index in [2.05, 4.69) is 12.5 Å². The number of likely N-dealkylation sites (tertiary alicyclic amines) is 1. The Morgan fingerprint density at radius 3 is 2.38 bits per heavy atom. The van der Waals surface area contributed by atoms with Crippen LogP contribution in [0.1, 0.15) is 59.9 Å². The van der Waals surface area contributed by atoms with Crippen LogP contribution in [0.2, 0.25) is 0 Å². The number of esters is 1. The van der Waals surface area contributed by atoms with Gasteiger partial charge in [0, 0.05) is 6.21 Å². The summed E-state index contributed by atoms with van der Waals surface area (Å²) >= 11 is 0.895. The van der Waals surface area contributed by atoms with Crippen molar-refractivity contribution in [3.63, 3.8) is 0 Å². The van der Waals surface area contributed by atoms with Crippen molar-refractivity contribution in [2.75, 3.05) is 31.1 Å². The summed E-state index contributed by atoms with van der Waals surface area (Å²) < 4.78 is 8.22. The van der Waals surface area contributed by atoms with Crippen LogP contribution in [-0.4, -0.2) is 72.4 Å². The number of nitrogens with zero attached hydrogens (tertiary/aromatic N) is 4. The Kier molecular flexibility index (Phi) is 12.9. The van der Waals surface area contributed by atoms with Crippen LogP contribution in [0, 0.1) is 8.51 Å². The number of anilines is 1. The Hall–Kier alpha value is -2.12. The number of piperidine rings is 1. The van der Waals surface area contributed by atoms with Gasteiger partial charge in [-0.25, -0.2) is 4.79 Å². The summed E-state index contributed by atoms with van der Waals surface area (Å²) in [5.41, 5.74) is 2.04. The zero-order chi connectivity index (χ0) is 27.5. The SMILES string of the molecule is C/C=C(\C=N/C(C)N1CCC(CN2C(=O)N(c3ccc([C]#[Y])cc3)C(=O)C2C)CC1)C(=O)OCC.CC. The first-order valence-corrected chi connectivity index (χ1v) is 14.5. The van der Waals surface area contributed by atoms with Gasteiger partial charge in [-0.1, -0.05) is 19.9 Å². The van der Waals surface area contributed by atoms with E-state index < -0.39 is 6.04 Å². The van der Waals surface area contributed by atoms with Crippen LogP contribution in [0.25, 0.3) is 0 Å². The van der Waals surface area contributed by atoms with E-state index in [0.29, 0.717) is 30.3 Å². The van der Waals surface area contributed by atoms with E-state index in [9.17, 15) is 14.4 Å². The number of aliphatic imine (C=N–C) groups is 1. The molecule has 2 aliphatic rings. The second-order valence-electron chi connectivity index (χ2n) is 8.83. The summed E-state index contributed by atoms with van der Waals surface area (Å²) in [5.74, 6) is -0.219. The number of amides is 3. The molecule has 2 heterocycles. The molecule has 2 atom stereocenters. The molecule has 37 heavy (non-hydrogen) atoms. The minimum Gasteiger partial charge on any atom is -0.462 e. The number of benzene rings is 1. The molecule has 0 aromatic heterocycles. The summed E-state index contributed by atoms with van der Waals surface area (Å²) in [6.07, 6.45) is 5.06.